The van der Waals surface area contributed by atoms with Crippen LogP contribution in [-0.2, 0) is 4.79 Å². The van der Waals surface area contributed by atoms with Crippen LogP contribution in [0.15, 0.2) is 12.1 Å². The Balaban J connectivity index is 2.38. The number of hydrogen-bond donors (Lipinski definition) is 0. The molecule has 1 fully saturated rings. The minimum Gasteiger partial charge on any atom is -0.309 e. The zero-order valence-corrected chi connectivity index (χ0v) is 11.8. The molecule has 0 spiro atoms. The van der Waals surface area contributed by atoms with Gasteiger partial charge in [-0.2, -0.15) is 0 Å². The van der Waals surface area contributed by atoms with Crippen molar-refractivity contribution in [3.63, 3.8) is 0 Å². The molecule has 1 atom stereocenters. The average molecular weight is 341 g/mol. The summed E-state index contributed by atoms with van der Waals surface area (Å²) in [5.41, 5.74) is 0.163. The van der Waals surface area contributed by atoms with E-state index in [1.807, 2.05) is 0 Å². The first-order chi connectivity index (χ1) is 8.02. The highest BCUT2D eigenvalue weighted by Gasteiger charge is 2.32. The standard InChI is InChI=1S/C11H9BrCl2FNO/c12-4-6-1-10(17)16(5-6)9-3-7(13)2-8(14)11(9)15/h2-3,6H,1,4-5H2. The van der Waals surface area contributed by atoms with E-state index in [2.05, 4.69) is 15.9 Å². The van der Waals surface area contributed by atoms with Crippen molar-refractivity contribution in [2.24, 2.45) is 5.92 Å². The van der Waals surface area contributed by atoms with Gasteiger partial charge in [0, 0.05) is 23.3 Å². The maximum Gasteiger partial charge on any atom is 0.227 e. The molecule has 1 aromatic carbocycles. The third kappa shape index (κ3) is 2.59. The van der Waals surface area contributed by atoms with E-state index in [-0.39, 0.29) is 22.5 Å². The summed E-state index contributed by atoms with van der Waals surface area (Å²) < 4.78 is 13.8. The number of nitrogens with zero attached hydrogens (tertiary/aromatic N) is 1. The summed E-state index contributed by atoms with van der Waals surface area (Å²) in [7, 11) is 0. The number of benzene rings is 1. The second-order valence-corrected chi connectivity index (χ2v) is 5.44. The van der Waals surface area contributed by atoms with E-state index in [1.54, 1.807) is 0 Å². The van der Waals surface area contributed by atoms with Gasteiger partial charge in [-0.1, -0.05) is 39.1 Å². The summed E-state index contributed by atoms with van der Waals surface area (Å²) in [6, 6.07) is 2.75. The summed E-state index contributed by atoms with van der Waals surface area (Å²) in [4.78, 5) is 13.2. The number of anilines is 1. The summed E-state index contributed by atoms with van der Waals surface area (Å²) in [5.74, 6) is -0.508. The fraction of sp³-hybridized carbons (Fsp3) is 0.364. The summed E-state index contributed by atoms with van der Waals surface area (Å²) in [5, 5.41) is 0.967. The number of alkyl halides is 1. The molecular formula is C11H9BrCl2FNO. The fourth-order valence-electron chi connectivity index (χ4n) is 1.86. The summed E-state index contributed by atoms with van der Waals surface area (Å²) in [6.07, 6.45) is 0.412. The molecule has 2 rings (SSSR count). The minimum absolute atomic E-state index is 0.0670. The number of carbonyl (C=O) groups excluding carboxylic acids is 1. The fourth-order valence-corrected chi connectivity index (χ4v) is 2.77. The Hall–Kier alpha value is -0.320. The predicted octanol–water partition coefficient (Wildman–Crippen LogP) is 3.88. The van der Waals surface area contributed by atoms with E-state index in [1.165, 1.54) is 17.0 Å². The number of amides is 1. The van der Waals surface area contributed by atoms with Crippen LogP contribution in [0.1, 0.15) is 6.42 Å². The zero-order valence-electron chi connectivity index (χ0n) is 8.72. The van der Waals surface area contributed by atoms with E-state index in [0.29, 0.717) is 23.3 Å². The Kier molecular flexibility index (Phi) is 3.95. The van der Waals surface area contributed by atoms with Crippen molar-refractivity contribution in [1.82, 2.24) is 0 Å². The van der Waals surface area contributed by atoms with Gasteiger partial charge in [-0.05, 0) is 18.1 Å². The molecule has 1 saturated heterocycles. The number of hydrogen-bond acceptors (Lipinski definition) is 1. The van der Waals surface area contributed by atoms with E-state index in [0.717, 1.165) is 0 Å². The molecule has 1 aliphatic rings. The molecule has 0 radical (unpaired) electrons. The quantitative estimate of drug-likeness (QED) is 0.591. The maximum atomic E-state index is 13.8. The van der Waals surface area contributed by atoms with Crippen LogP contribution in [0, 0.1) is 11.7 Å². The lowest BCUT2D eigenvalue weighted by atomic mass is 10.2. The lowest BCUT2D eigenvalue weighted by Gasteiger charge is -2.18. The molecule has 1 unspecified atom stereocenters. The van der Waals surface area contributed by atoms with Crippen molar-refractivity contribution in [3.05, 3.63) is 28.0 Å². The molecule has 1 amide bonds. The number of rotatable bonds is 2. The normalized spacial score (nSPS) is 20.1. The topological polar surface area (TPSA) is 20.3 Å². The van der Waals surface area contributed by atoms with Gasteiger partial charge in [-0.25, -0.2) is 4.39 Å². The van der Waals surface area contributed by atoms with Crippen LogP contribution >= 0.6 is 39.1 Å². The highest BCUT2D eigenvalue weighted by molar-refractivity contribution is 9.09. The molecular weight excluding hydrogens is 332 g/mol. The first-order valence-corrected chi connectivity index (χ1v) is 6.91. The second-order valence-electron chi connectivity index (χ2n) is 3.95. The van der Waals surface area contributed by atoms with Gasteiger partial charge < -0.3 is 4.90 Å². The van der Waals surface area contributed by atoms with Crippen LogP contribution in [0.5, 0.6) is 0 Å². The molecule has 1 aromatic rings. The first kappa shape index (κ1) is 13.1. The van der Waals surface area contributed by atoms with E-state index >= 15 is 0 Å². The van der Waals surface area contributed by atoms with Crippen molar-refractivity contribution in [1.29, 1.82) is 0 Å². The van der Waals surface area contributed by atoms with Gasteiger partial charge >= 0.3 is 0 Å². The van der Waals surface area contributed by atoms with Gasteiger partial charge in [0.15, 0.2) is 5.82 Å². The lowest BCUT2D eigenvalue weighted by molar-refractivity contribution is -0.117. The first-order valence-electron chi connectivity index (χ1n) is 5.03. The van der Waals surface area contributed by atoms with Crippen LogP contribution in [0.2, 0.25) is 10.0 Å². The van der Waals surface area contributed by atoms with E-state index < -0.39 is 5.82 Å². The molecule has 0 bridgehead atoms. The van der Waals surface area contributed by atoms with Crippen molar-refractivity contribution < 1.29 is 9.18 Å². The molecule has 1 heterocycles. The van der Waals surface area contributed by atoms with E-state index in [9.17, 15) is 9.18 Å². The summed E-state index contributed by atoms with van der Waals surface area (Å²) >= 11 is 14.9. The van der Waals surface area contributed by atoms with E-state index in [4.69, 9.17) is 23.2 Å². The minimum atomic E-state index is -0.598. The molecule has 1 aliphatic heterocycles. The smallest absolute Gasteiger partial charge is 0.227 e. The van der Waals surface area contributed by atoms with Crippen molar-refractivity contribution >= 4 is 50.7 Å². The van der Waals surface area contributed by atoms with Gasteiger partial charge in [0.2, 0.25) is 5.91 Å². The maximum absolute atomic E-state index is 13.8. The van der Waals surface area contributed by atoms with Crippen LogP contribution < -0.4 is 4.90 Å². The lowest BCUT2D eigenvalue weighted by Crippen LogP contribution is -2.25. The third-order valence-corrected chi connectivity index (χ3v) is 4.10. The van der Waals surface area contributed by atoms with Crippen molar-refractivity contribution in [3.8, 4) is 0 Å². The summed E-state index contributed by atoms with van der Waals surface area (Å²) in [6.45, 7) is 0.484. The largest absolute Gasteiger partial charge is 0.309 e. The number of halogens is 4. The highest BCUT2D eigenvalue weighted by Crippen LogP contribution is 2.34. The third-order valence-electron chi connectivity index (χ3n) is 2.69. The van der Waals surface area contributed by atoms with Crippen molar-refractivity contribution in [2.75, 3.05) is 16.8 Å². The van der Waals surface area contributed by atoms with Gasteiger partial charge in [0.05, 0.1) is 10.7 Å². The van der Waals surface area contributed by atoms with Gasteiger partial charge in [0.25, 0.3) is 0 Å². The van der Waals surface area contributed by atoms with Crippen LogP contribution in [0.4, 0.5) is 10.1 Å². The predicted molar refractivity (Wildman–Crippen MR) is 70.7 cm³/mol. The number of carbonyl (C=O) groups is 1. The Labute approximate surface area is 117 Å². The Morgan fingerprint density at radius 1 is 1.47 bits per heavy atom. The SMILES string of the molecule is O=C1CC(CBr)CN1c1cc(Cl)cc(Cl)c1F. The van der Waals surface area contributed by atoms with Crippen LogP contribution in [-0.4, -0.2) is 17.8 Å². The Morgan fingerprint density at radius 3 is 2.76 bits per heavy atom. The van der Waals surface area contributed by atoms with Gasteiger partial charge in [-0.3, -0.25) is 4.79 Å². The molecule has 92 valence electrons. The zero-order chi connectivity index (χ0) is 12.6. The van der Waals surface area contributed by atoms with Crippen molar-refractivity contribution in [2.45, 2.75) is 6.42 Å². The molecule has 0 aliphatic carbocycles. The van der Waals surface area contributed by atoms with Gasteiger partial charge in [0.1, 0.15) is 0 Å². The average Bonchev–Trinajstić information content (AvgIpc) is 2.65. The Bertz CT molecular complexity index is 469. The van der Waals surface area contributed by atoms with Crippen LogP contribution in [0.25, 0.3) is 0 Å². The molecule has 6 heteroatoms. The Morgan fingerprint density at radius 2 is 2.18 bits per heavy atom. The highest BCUT2D eigenvalue weighted by atomic mass is 79.9. The molecule has 0 aromatic heterocycles. The second kappa shape index (κ2) is 5.12. The monoisotopic (exact) mass is 339 g/mol. The molecule has 2 nitrogen and oxygen atoms in total. The molecule has 17 heavy (non-hydrogen) atoms. The molecule has 0 N–H and O–H groups in total. The van der Waals surface area contributed by atoms with Crippen LogP contribution in [0.3, 0.4) is 0 Å². The van der Waals surface area contributed by atoms with Gasteiger partial charge in [-0.15, -0.1) is 0 Å². The molecule has 0 saturated carbocycles.